The van der Waals surface area contributed by atoms with E-state index in [1.54, 1.807) is 6.20 Å². The van der Waals surface area contributed by atoms with Gasteiger partial charge < -0.3 is 5.32 Å². The number of aromatic nitrogens is 1. The Kier molecular flexibility index (Phi) is 5.32. The number of amides is 1. The van der Waals surface area contributed by atoms with Crippen LogP contribution in [0.25, 0.3) is 0 Å². The summed E-state index contributed by atoms with van der Waals surface area (Å²) >= 11 is 1.46. The van der Waals surface area contributed by atoms with Crippen molar-refractivity contribution in [3.8, 4) is 0 Å². The predicted octanol–water partition coefficient (Wildman–Crippen LogP) is 3.30. The highest BCUT2D eigenvalue weighted by Crippen LogP contribution is 2.17. The Morgan fingerprint density at radius 1 is 1.60 bits per heavy atom. The Morgan fingerprint density at radius 3 is 2.93 bits per heavy atom. The Labute approximate surface area is 94.9 Å². The number of carbonyl (C=O) groups is 1. The number of carbonyl (C=O) groups excluding carboxylic acids is 1. The van der Waals surface area contributed by atoms with E-state index in [1.807, 2.05) is 5.38 Å². The van der Waals surface area contributed by atoms with Crippen molar-refractivity contribution in [3.63, 3.8) is 0 Å². The van der Waals surface area contributed by atoms with Crippen LogP contribution in [-0.2, 0) is 4.79 Å². The molecule has 0 spiro atoms. The molecule has 0 bridgehead atoms. The molecular weight excluding hydrogens is 208 g/mol. The van der Waals surface area contributed by atoms with Gasteiger partial charge in [-0.05, 0) is 12.8 Å². The molecule has 0 aromatic carbocycles. The van der Waals surface area contributed by atoms with Gasteiger partial charge in [-0.3, -0.25) is 4.79 Å². The molecule has 1 aromatic rings. The molecule has 15 heavy (non-hydrogen) atoms. The van der Waals surface area contributed by atoms with Crippen molar-refractivity contribution in [1.29, 1.82) is 0 Å². The van der Waals surface area contributed by atoms with Gasteiger partial charge in [-0.25, -0.2) is 4.98 Å². The number of nitrogens with one attached hydrogen (secondary N) is 1. The third kappa shape index (κ3) is 4.00. The van der Waals surface area contributed by atoms with E-state index in [0.29, 0.717) is 5.13 Å². The molecule has 0 radical (unpaired) electrons. The molecule has 84 valence electrons. The minimum Gasteiger partial charge on any atom is -0.302 e. The Morgan fingerprint density at radius 2 is 2.40 bits per heavy atom. The molecule has 1 amide bonds. The molecule has 1 atom stereocenters. The molecule has 1 N–H and O–H groups in total. The maximum atomic E-state index is 11.8. The van der Waals surface area contributed by atoms with Crippen molar-refractivity contribution in [2.45, 2.75) is 39.5 Å². The molecule has 1 aromatic heterocycles. The number of anilines is 1. The van der Waals surface area contributed by atoms with Gasteiger partial charge in [0, 0.05) is 17.5 Å². The fourth-order valence-corrected chi connectivity index (χ4v) is 2.00. The summed E-state index contributed by atoms with van der Waals surface area (Å²) in [5.74, 6) is 0.245. The first-order valence-electron chi connectivity index (χ1n) is 5.48. The lowest BCUT2D eigenvalue weighted by molar-refractivity contribution is -0.120. The first-order chi connectivity index (χ1) is 7.27. The second kappa shape index (κ2) is 6.56. The highest BCUT2D eigenvalue weighted by Gasteiger charge is 2.16. The zero-order valence-corrected chi connectivity index (χ0v) is 10.1. The minimum absolute atomic E-state index is 0.112. The summed E-state index contributed by atoms with van der Waals surface area (Å²) in [5.41, 5.74) is 0. The number of unbranched alkanes of at least 4 members (excludes halogenated alkanes) is 1. The number of rotatable bonds is 6. The average molecular weight is 226 g/mol. The molecule has 4 heteroatoms. The second-order valence-corrected chi connectivity index (χ2v) is 4.47. The summed E-state index contributed by atoms with van der Waals surface area (Å²) in [6, 6.07) is 0. The summed E-state index contributed by atoms with van der Waals surface area (Å²) in [7, 11) is 0. The van der Waals surface area contributed by atoms with Crippen LogP contribution in [0.1, 0.15) is 39.5 Å². The zero-order valence-electron chi connectivity index (χ0n) is 9.32. The fourth-order valence-electron chi connectivity index (χ4n) is 1.46. The van der Waals surface area contributed by atoms with Crippen LogP contribution in [0.3, 0.4) is 0 Å². The molecule has 1 unspecified atom stereocenters. The molecule has 0 aliphatic carbocycles. The van der Waals surface area contributed by atoms with Crippen LogP contribution < -0.4 is 5.32 Å². The first kappa shape index (κ1) is 12.2. The third-order valence-corrected chi connectivity index (χ3v) is 3.12. The van der Waals surface area contributed by atoms with Gasteiger partial charge in [0.15, 0.2) is 5.13 Å². The lowest BCUT2D eigenvalue weighted by atomic mass is 9.99. The summed E-state index contributed by atoms with van der Waals surface area (Å²) in [4.78, 5) is 15.8. The van der Waals surface area contributed by atoms with Gasteiger partial charge in [0.2, 0.25) is 5.91 Å². The maximum Gasteiger partial charge on any atom is 0.229 e. The van der Waals surface area contributed by atoms with Gasteiger partial charge in [0.25, 0.3) is 0 Å². The summed E-state index contributed by atoms with van der Waals surface area (Å²) in [6.45, 7) is 4.20. The summed E-state index contributed by atoms with van der Waals surface area (Å²) in [6.07, 6.45) is 5.83. The summed E-state index contributed by atoms with van der Waals surface area (Å²) < 4.78 is 0. The molecule has 0 aliphatic heterocycles. The molecule has 1 rings (SSSR count). The van der Waals surface area contributed by atoms with Crippen molar-refractivity contribution >= 4 is 22.4 Å². The lowest BCUT2D eigenvalue weighted by Crippen LogP contribution is -2.22. The van der Waals surface area contributed by atoms with Crippen LogP contribution in [0.5, 0.6) is 0 Å². The highest BCUT2D eigenvalue weighted by molar-refractivity contribution is 7.13. The standard InChI is InChI=1S/C11H18N2OS/c1-3-5-6-9(4-2)10(14)13-11-12-7-8-15-11/h7-9H,3-6H2,1-2H3,(H,12,13,14). The van der Waals surface area contributed by atoms with Crippen LogP contribution in [0.2, 0.25) is 0 Å². The SMILES string of the molecule is CCCCC(CC)C(=O)Nc1nccs1. The molecule has 1 heterocycles. The Bertz CT molecular complexity index is 285. The maximum absolute atomic E-state index is 11.8. The second-order valence-electron chi connectivity index (χ2n) is 3.57. The van der Waals surface area contributed by atoms with Crippen LogP contribution >= 0.6 is 11.3 Å². The normalized spacial score (nSPS) is 12.4. The van der Waals surface area contributed by atoms with Crippen molar-refractivity contribution in [1.82, 2.24) is 4.98 Å². The van der Waals surface area contributed by atoms with E-state index in [2.05, 4.69) is 24.1 Å². The van der Waals surface area contributed by atoms with Crippen molar-refractivity contribution < 1.29 is 4.79 Å². The molecule has 3 nitrogen and oxygen atoms in total. The van der Waals surface area contributed by atoms with E-state index in [4.69, 9.17) is 0 Å². The van der Waals surface area contributed by atoms with E-state index < -0.39 is 0 Å². The number of thiazole rings is 1. The predicted molar refractivity (Wildman–Crippen MR) is 64.0 cm³/mol. The van der Waals surface area contributed by atoms with E-state index in [0.717, 1.165) is 25.7 Å². The number of hydrogen-bond donors (Lipinski definition) is 1. The molecule has 0 saturated heterocycles. The van der Waals surface area contributed by atoms with Gasteiger partial charge in [0.1, 0.15) is 0 Å². The van der Waals surface area contributed by atoms with Crippen molar-refractivity contribution in [3.05, 3.63) is 11.6 Å². The largest absolute Gasteiger partial charge is 0.302 e. The molecule has 0 saturated carbocycles. The van der Waals surface area contributed by atoms with Gasteiger partial charge in [-0.15, -0.1) is 11.3 Å². The minimum atomic E-state index is 0.112. The van der Waals surface area contributed by atoms with Gasteiger partial charge in [-0.2, -0.15) is 0 Å². The number of hydrogen-bond acceptors (Lipinski definition) is 3. The Balaban J connectivity index is 2.43. The van der Waals surface area contributed by atoms with E-state index in [1.165, 1.54) is 11.3 Å². The fraction of sp³-hybridized carbons (Fsp3) is 0.636. The van der Waals surface area contributed by atoms with E-state index in [-0.39, 0.29) is 11.8 Å². The van der Waals surface area contributed by atoms with Crippen molar-refractivity contribution in [2.24, 2.45) is 5.92 Å². The first-order valence-corrected chi connectivity index (χ1v) is 6.36. The third-order valence-electron chi connectivity index (χ3n) is 2.43. The highest BCUT2D eigenvalue weighted by atomic mass is 32.1. The van der Waals surface area contributed by atoms with Crippen LogP contribution in [-0.4, -0.2) is 10.9 Å². The molecule has 0 fully saturated rings. The topological polar surface area (TPSA) is 42.0 Å². The zero-order chi connectivity index (χ0) is 11.1. The van der Waals surface area contributed by atoms with E-state index >= 15 is 0 Å². The van der Waals surface area contributed by atoms with Crippen LogP contribution in [0.15, 0.2) is 11.6 Å². The van der Waals surface area contributed by atoms with E-state index in [9.17, 15) is 4.79 Å². The number of nitrogens with zero attached hydrogens (tertiary/aromatic N) is 1. The average Bonchev–Trinajstić information content (AvgIpc) is 2.71. The van der Waals surface area contributed by atoms with Gasteiger partial charge in [0.05, 0.1) is 0 Å². The monoisotopic (exact) mass is 226 g/mol. The quantitative estimate of drug-likeness (QED) is 0.808. The Hall–Kier alpha value is -0.900. The molecule has 0 aliphatic rings. The molecular formula is C11H18N2OS. The smallest absolute Gasteiger partial charge is 0.229 e. The van der Waals surface area contributed by atoms with Gasteiger partial charge in [-0.1, -0.05) is 26.7 Å². The van der Waals surface area contributed by atoms with Crippen LogP contribution in [0.4, 0.5) is 5.13 Å². The van der Waals surface area contributed by atoms with Crippen molar-refractivity contribution in [2.75, 3.05) is 5.32 Å². The van der Waals surface area contributed by atoms with Crippen LogP contribution in [0, 0.1) is 5.92 Å². The lowest BCUT2D eigenvalue weighted by Gasteiger charge is -2.12. The van der Waals surface area contributed by atoms with Gasteiger partial charge >= 0.3 is 0 Å². The summed E-state index contributed by atoms with van der Waals surface area (Å²) in [5, 5.41) is 5.42.